The molecule has 0 saturated heterocycles. The van der Waals surface area contributed by atoms with Gasteiger partial charge in [-0.2, -0.15) is 0 Å². The van der Waals surface area contributed by atoms with E-state index in [1.165, 1.54) is 5.56 Å². The molecule has 13 heavy (non-hydrogen) atoms. The van der Waals surface area contributed by atoms with Gasteiger partial charge in [0.2, 0.25) is 0 Å². The first-order valence-electron chi connectivity index (χ1n) is 4.22. The van der Waals surface area contributed by atoms with Gasteiger partial charge in [0, 0.05) is 6.08 Å². The molecule has 1 aromatic carbocycles. The van der Waals surface area contributed by atoms with E-state index in [4.69, 9.17) is 5.11 Å². The third kappa shape index (κ3) is 3.11. The fourth-order valence-corrected chi connectivity index (χ4v) is 1.08. The topological polar surface area (TPSA) is 37.3 Å². The van der Waals surface area contributed by atoms with Crippen LogP contribution >= 0.6 is 0 Å². The molecule has 0 unspecified atom stereocenters. The second-order valence-corrected chi connectivity index (χ2v) is 2.77. The SMILES string of the molecule is CCc1cccc(/C=C\C(=O)O)c1. The van der Waals surface area contributed by atoms with E-state index in [0.717, 1.165) is 18.1 Å². The molecule has 1 N–H and O–H groups in total. The zero-order chi connectivity index (χ0) is 9.68. The molecular weight excluding hydrogens is 164 g/mol. The molecule has 0 atom stereocenters. The van der Waals surface area contributed by atoms with E-state index in [-0.39, 0.29) is 0 Å². The highest BCUT2D eigenvalue weighted by molar-refractivity contribution is 5.85. The molecular formula is C11H12O2. The van der Waals surface area contributed by atoms with Crippen LogP contribution in [0.3, 0.4) is 0 Å². The molecule has 0 amide bonds. The zero-order valence-corrected chi connectivity index (χ0v) is 7.53. The van der Waals surface area contributed by atoms with Gasteiger partial charge < -0.3 is 5.11 Å². The molecule has 1 aromatic rings. The van der Waals surface area contributed by atoms with E-state index in [1.807, 2.05) is 24.3 Å². The summed E-state index contributed by atoms with van der Waals surface area (Å²) in [5, 5.41) is 8.41. The second kappa shape index (κ2) is 4.45. The van der Waals surface area contributed by atoms with Gasteiger partial charge in [-0.1, -0.05) is 31.2 Å². The third-order valence-electron chi connectivity index (χ3n) is 1.78. The van der Waals surface area contributed by atoms with Crippen molar-refractivity contribution in [1.29, 1.82) is 0 Å². The summed E-state index contributed by atoms with van der Waals surface area (Å²) in [6, 6.07) is 7.83. The van der Waals surface area contributed by atoms with Gasteiger partial charge in [0.25, 0.3) is 0 Å². The minimum atomic E-state index is -0.915. The van der Waals surface area contributed by atoms with Crippen molar-refractivity contribution in [2.75, 3.05) is 0 Å². The number of benzene rings is 1. The number of carboxylic acids is 1. The summed E-state index contributed by atoms with van der Waals surface area (Å²) in [6.07, 6.45) is 3.71. The molecule has 2 nitrogen and oxygen atoms in total. The summed E-state index contributed by atoms with van der Waals surface area (Å²) < 4.78 is 0. The van der Waals surface area contributed by atoms with Gasteiger partial charge >= 0.3 is 5.97 Å². The highest BCUT2D eigenvalue weighted by Crippen LogP contribution is 2.07. The predicted molar refractivity (Wildman–Crippen MR) is 52.5 cm³/mol. The highest BCUT2D eigenvalue weighted by atomic mass is 16.4. The molecule has 0 aliphatic heterocycles. The van der Waals surface area contributed by atoms with E-state index in [9.17, 15) is 4.79 Å². The van der Waals surface area contributed by atoms with Crippen LogP contribution in [-0.2, 0) is 11.2 Å². The maximum Gasteiger partial charge on any atom is 0.328 e. The van der Waals surface area contributed by atoms with Gasteiger partial charge in [-0.15, -0.1) is 0 Å². The van der Waals surface area contributed by atoms with Crippen molar-refractivity contribution in [3.05, 3.63) is 41.5 Å². The fraction of sp³-hybridized carbons (Fsp3) is 0.182. The summed E-state index contributed by atoms with van der Waals surface area (Å²) in [6.45, 7) is 2.07. The fourth-order valence-electron chi connectivity index (χ4n) is 1.08. The smallest absolute Gasteiger partial charge is 0.328 e. The van der Waals surface area contributed by atoms with Crippen LogP contribution in [0.1, 0.15) is 18.1 Å². The maximum absolute atomic E-state index is 10.2. The van der Waals surface area contributed by atoms with Crippen LogP contribution in [0, 0.1) is 0 Å². The average Bonchev–Trinajstić information content (AvgIpc) is 2.15. The Labute approximate surface area is 77.5 Å². The lowest BCUT2D eigenvalue weighted by molar-refractivity contribution is -0.131. The van der Waals surface area contributed by atoms with Crippen LogP contribution in [0.15, 0.2) is 30.3 Å². The van der Waals surface area contributed by atoms with Crippen LogP contribution in [0.4, 0.5) is 0 Å². The number of hydrogen-bond donors (Lipinski definition) is 1. The molecule has 0 radical (unpaired) electrons. The molecule has 1 rings (SSSR count). The Bertz CT molecular complexity index is 327. The molecule has 0 aliphatic rings. The Morgan fingerprint density at radius 2 is 2.31 bits per heavy atom. The van der Waals surface area contributed by atoms with E-state index in [2.05, 4.69) is 6.92 Å². The predicted octanol–water partition coefficient (Wildman–Crippen LogP) is 2.35. The first-order valence-corrected chi connectivity index (χ1v) is 4.22. The van der Waals surface area contributed by atoms with Crippen molar-refractivity contribution in [2.24, 2.45) is 0 Å². The second-order valence-electron chi connectivity index (χ2n) is 2.77. The first kappa shape index (κ1) is 9.52. The molecule has 0 aromatic heterocycles. The van der Waals surface area contributed by atoms with Crippen LogP contribution in [-0.4, -0.2) is 11.1 Å². The third-order valence-corrected chi connectivity index (χ3v) is 1.78. The molecule has 0 aliphatic carbocycles. The van der Waals surface area contributed by atoms with Crippen LogP contribution in [0.2, 0.25) is 0 Å². The van der Waals surface area contributed by atoms with Gasteiger partial charge in [0.05, 0.1) is 0 Å². The molecule has 68 valence electrons. The Hall–Kier alpha value is -1.57. The molecule has 0 heterocycles. The number of rotatable bonds is 3. The Balaban J connectivity index is 2.83. The van der Waals surface area contributed by atoms with Crippen LogP contribution < -0.4 is 0 Å². The van der Waals surface area contributed by atoms with Crippen molar-refractivity contribution in [3.63, 3.8) is 0 Å². The summed E-state index contributed by atoms with van der Waals surface area (Å²) in [7, 11) is 0. The summed E-state index contributed by atoms with van der Waals surface area (Å²) in [4.78, 5) is 10.2. The summed E-state index contributed by atoms with van der Waals surface area (Å²) >= 11 is 0. The van der Waals surface area contributed by atoms with Gasteiger partial charge in [-0.3, -0.25) is 0 Å². The molecule has 0 spiro atoms. The van der Waals surface area contributed by atoms with Gasteiger partial charge in [-0.25, -0.2) is 4.79 Å². The maximum atomic E-state index is 10.2. The normalized spacial score (nSPS) is 10.5. The van der Waals surface area contributed by atoms with Crippen molar-refractivity contribution in [3.8, 4) is 0 Å². The van der Waals surface area contributed by atoms with Gasteiger partial charge in [0.15, 0.2) is 0 Å². The zero-order valence-electron chi connectivity index (χ0n) is 7.53. The summed E-state index contributed by atoms with van der Waals surface area (Å²) in [5.41, 5.74) is 2.15. The monoisotopic (exact) mass is 176 g/mol. The first-order chi connectivity index (χ1) is 6.22. The van der Waals surface area contributed by atoms with Crippen LogP contribution in [0.5, 0.6) is 0 Å². The highest BCUT2D eigenvalue weighted by Gasteiger charge is 1.91. The summed E-state index contributed by atoms with van der Waals surface area (Å²) in [5.74, 6) is -0.915. The van der Waals surface area contributed by atoms with E-state index >= 15 is 0 Å². The number of hydrogen-bond acceptors (Lipinski definition) is 1. The number of aliphatic carboxylic acids is 1. The molecule has 2 heteroatoms. The quantitative estimate of drug-likeness (QED) is 0.718. The standard InChI is InChI=1S/C11H12O2/c1-2-9-4-3-5-10(8-9)6-7-11(12)13/h3-8H,2H2,1H3,(H,12,13)/b7-6-. The van der Waals surface area contributed by atoms with E-state index in [1.54, 1.807) is 6.08 Å². The Morgan fingerprint density at radius 3 is 2.92 bits per heavy atom. The van der Waals surface area contributed by atoms with Crippen molar-refractivity contribution >= 4 is 12.0 Å². The minimum absolute atomic E-state index is 0.915. The van der Waals surface area contributed by atoms with Crippen molar-refractivity contribution in [1.82, 2.24) is 0 Å². The van der Waals surface area contributed by atoms with Gasteiger partial charge in [-0.05, 0) is 23.6 Å². The van der Waals surface area contributed by atoms with Crippen molar-refractivity contribution in [2.45, 2.75) is 13.3 Å². The number of carboxylic acid groups (broad SMARTS) is 1. The number of carbonyl (C=O) groups is 1. The lowest BCUT2D eigenvalue weighted by Crippen LogP contribution is -1.86. The molecule has 0 saturated carbocycles. The lowest BCUT2D eigenvalue weighted by Gasteiger charge is -1.97. The van der Waals surface area contributed by atoms with Crippen molar-refractivity contribution < 1.29 is 9.90 Å². The van der Waals surface area contributed by atoms with E-state index in [0.29, 0.717) is 0 Å². The largest absolute Gasteiger partial charge is 0.478 e. The van der Waals surface area contributed by atoms with E-state index < -0.39 is 5.97 Å². The lowest BCUT2D eigenvalue weighted by atomic mass is 10.1. The minimum Gasteiger partial charge on any atom is -0.478 e. The Kier molecular flexibility index (Phi) is 3.26. The number of aryl methyl sites for hydroxylation is 1. The average molecular weight is 176 g/mol. The van der Waals surface area contributed by atoms with Crippen LogP contribution in [0.25, 0.3) is 6.08 Å². The Morgan fingerprint density at radius 1 is 1.54 bits per heavy atom. The molecule has 0 fully saturated rings. The van der Waals surface area contributed by atoms with Gasteiger partial charge in [0.1, 0.15) is 0 Å². The molecule has 0 bridgehead atoms.